The summed E-state index contributed by atoms with van der Waals surface area (Å²) in [6.07, 6.45) is 1.79. The van der Waals surface area contributed by atoms with E-state index in [1.54, 1.807) is 23.0 Å². The second-order valence-electron chi connectivity index (χ2n) is 7.14. The molecule has 7 heteroatoms. The van der Waals surface area contributed by atoms with Gasteiger partial charge in [0.2, 0.25) is 0 Å². The Kier molecular flexibility index (Phi) is 5.36. The topological polar surface area (TPSA) is 79.4 Å². The van der Waals surface area contributed by atoms with Gasteiger partial charge in [0.1, 0.15) is 36.0 Å². The molecule has 0 radical (unpaired) electrons. The molecular weight excluding hydrogens is 406 g/mol. The quantitative estimate of drug-likeness (QED) is 0.357. The Balaban J connectivity index is 1.25. The zero-order chi connectivity index (χ0) is 21.8. The first-order valence-electron chi connectivity index (χ1n) is 10.1. The summed E-state index contributed by atoms with van der Waals surface area (Å²) in [5.41, 5.74) is 2.61. The van der Waals surface area contributed by atoms with Gasteiger partial charge in [0.15, 0.2) is 0 Å². The van der Waals surface area contributed by atoms with Crippen molar-refractivity contribution >= 4 is 11.0 Å². The van der Waals surface area contributed by atoms with E-state index in [-0.39, 0.29) is 6.61 Å². The van der Waals surface area contributed by atoms with Crippen LogP contribution in [-0.4, -0.2) is 15.0 Å². The minimum atomic E-state index is -0.461. The maximum Gasteiger partial charge on any atom is 0.339 e. The first kappa shape index (κ1) is 19.6. The van der Waals surface area contributed by atoms with Crippen LogP contribution in [0.4, 0.5) is 0 Å². The maximum atomic E-state index is 11.8. The van der Waals surface area contributed by atoms with E-state index in [1.165, 1.54) is 6.07 Å². The lowest BCUT2D eigenvalue weighted by molar-refractivity contribution is 0.302. The van der Waals surface area contributed by atoms with Crippen LogP contribution in [-0.2, 0) is 13.2 Å². The molecule has 32 heavy (non-hydrogen) atoms. The third kappa shape index (κ3) is 4.37. The first-order chi connectivity index (χ1) is 15.7. The average Bonchev–Trinajstić information content (AvgIpc) is 3.31. The fourth-order valence-corrected chi connectivity index (χ4v) is 3.28. The molecular formula is C25H19N3O4. The molecule has 7 nitrogen and oxygen atoms in total. The van der Waals surface area contributed by atoms with Crippen molar-refractivity contribution in [3.63, 3.8) is 0 Å². The molecule has 0 spiro atoms. The van der Waals surface area contributed by atoms with Crippen molar-refractivity contribution in [1.29, 1.82) is 0 Å². The molecule has 0 bridgehead atoms. The third-order valence-corrected chi connectivity index (χ3v) is 4.88. The van der Waals surface area contributed by atoms with Crippen molar-refractivity contribution in [3.8, 4) is 17.2 Å². The van der Waals surface area contributed by atoms with E-state index in [9.17, 15) is 4.79 Å². The Morgan fingerprint density at radius 3 is 2.47 bits per heavy atom. The summed E-state index contributed by atoms with van der Waals surface area (Å²) in [6, 6.07) is 26.2. The van der Waals surface area contributed by atoms with Crippen LogP contribution in [0.15, 0.2) is 100 Å². The number of hydrogen-bond donors (Lipinski definition) is 0. The van der Waals surface area contributed by atoms with Crippen LogP contribution < -0.4 is 15.1 Å². The molecule has 158 valence electrons. The van der Waals surface area contributed by atoms with Gasteiger partial charge in [-0.05, 0) is 42.0 Å². The van der Waals surface area contributed by atoms with Crippen molar-refractivity contribution in [1.82, 2.24) is 15.0 Å². The molecule has 2 aromatic heterocycles. The summed E-state index contributed by atoms with van der Waals surface area (Å²) in [6.45, 7) is 0.684. The molecule has 3 aromatic carbocycles. The van der Waals surface area contributed by atoms with Crippen LogP contribution in [0.5, 0.6) is 11.5 Å². The van der Waals surface area contributed by atoms with E-state index in [2.05, 4.69) is 10.3 Å². The predicted molar refractivity (Wildman–Crippen MR) is 119 cm³/mol. The predicted octanol–water partition coefficient (Wildman–Crippen LogP) is 4.53. The van der Waals surface area contributed by atoms with Gasteiger partial charge in [0.25, 0.3) is 0 Å². The fourth-order valence-electron chi connectivity index (χ4n) is 3.28. The SMILES string of the molecule is O=c1cc(OCc2cn(-c3ccc(OCc4ccccc4)cc3)nn2)c2ccccc2o1. The lowest BCUT2D eigenvalue weighted by atomic mass is 10.2. The third-order valence-electron chi connectivity index (χ3n) is 4.88. The Morgan fingerprint density at radius 1 is 0.844 bits per heavy atom. The molecule has 0 unspecified atom stereocenters. The van der Waals surface area contributed by atoms with E-state index in [1.807, 2.05) is 66.7 Å². The molecule has 5 rings (SSSR count). The van der Waals surface area contributed by atoms with Crippen molar-refractivity contribution in [2.75, 3.05) is 0 Å². The van der Waals surface area contributed by atoms with Gasteiger partial charge >= 0.3 is 5.63 Å². The Hall–Kier alpha value is -4.39. The lowest BCUT2D eigenvalue weighted by Crippen LogP contribution is -2.02. The van der Waals surface area contributed by atoms with Gasteiger partial charge in [0.05, 0.1) is 23.3 Å². The molecule has 0 N–H and O–H groups in total. The molecule has 0 amide bonds. The van der Waals surface area contributed by atoms with Crippen LogP contribution >= 0.6 is 0 Å². The highest BCUT2D eigenvalue weighted by molar-refractivity contribution is 5.82. The summed E-state index contributed by atoms with van der Waals surface area (Å²) in [5.74, 6) is 1.22. The molecule has 0 aliphatic heterocycles. The summed E-state index contributed by atoms with van der Waals surface area (Å²) in [7, 11) is 0. The molecule has 0 aliphatic carbocycles. The summed E-state index contributed by atoms with van der Waals surface area (Å²) in [4.78, 5) is 11.8. The molecule has 5 aromatic rings. The standard InChI is InChI=1S/C25H19N3O4/c29-25-14-24(22-8-4-5-9-23(22)32-25)31-17-19-15-28(27-26-19)20-10-12-21(13-11-20)30-16-18-6-2-1-3-7-18/h1-15H,16-17H2. The Bertz CT molecular complexity index is 1390. The van der Waals surface area contributed by atoms with Crippen LogP contribution in [0, 0.1) is 0 Å². The summed E-state index contributed by atoms with van der Waals surface area (Å²) in [5, 5.41) is 9.06. The number of para-hydroxylation sites is 1. The van der Waals surface area contributed by atoms with Crippen LogP contribution in [0.25, 0.3) is 16.7 Å². The normalized spacial score (nSPS) is 10.9. The van der Waals surface area contributed by atoms with Crippen LogP contribution in [0.1, 0.15) is 11.3 Å². The fraction of sp³-hybridized carbons (Fsp3) is 0.0800. The van der Waals surface area contributed by atoms with Crippen molar-refractivity contribution in [2.45, 2.75) is 13.2 Å². The van der Waals surface area contributed by atoms with Gasteiger partial charge in [-0.1, -0.05) is 47.7 Å². The summed E-state index contributed by atoms with van der Waals surface area (Å²) < 4.78 is 18.5. The van der Waals surface area contributed by atoms with Gasteiger partial charge in [-0.25, -0.2) is 9.48 Å². The van der Waals surface area contributed by atoms with Crippen molar-refractivity contribution in [3.05, 3.63) is 113 Å². The smallest absolute Gasteiger partial charge is 0.339 e. The van der Waals surface area contributed by atoms with Gasteiger partial charge in [-0.3, -0.25) is 0 Å². The molecule has 2 heterocycles. The van der Waals surface area contributed by atoms with Gasteiger partial charge < -0.3 is 13.9 Å². The van der Waals surface area contributed by atoms with Gasteiger partial charge in [0, 0.05) is 0 Å². The van der Waals surface area contributed by atoms with Crippen LogP contribution in [0.2, 0.25) is 0 Å². The minimum Gasteiger partial charge on any atom is -0.489 e. The Morgan fingerprint density at radius 2 is 1.62 bits per heavy atom. The molecule has 0 saturated carbocycles. The molecule has 0 atom stereocenters. The largest absolute Gasteiger partial charge is 0.489 e. The highest BCUT2D eigenvalue weighted by atomic mass is 16.5. The molecule has 0 saturated heterocycles. The molecule has 0 aliphatic rings. The second-order valence-corrected chi connectivity index (χ2v) is 7.14. The molecule has 0 fully saturated rings. The van der Waals surface area contributed by atoms with Gasteiger partial charge in [-0.2, -0.15) is 0 Å². The van der Waals surface area contributed by atoms with E-state index in [4.69, 9.17) is 13.9 Å². The van der Waals surface area contributed by atoms with Gasteiger partial charge in [-0.15, -0.1) is 5.10 Å². The zero-order valence-electron chi connectivity index (χ0n) is 17.0. The number of nitrogens with zero attached hydrogens (tertiary/aromatic N) is 3. The Labute approximate surface area is 183 Å². The second kappa shape index (κ2) is 8.77. The van der Waals surface area contributed by atoms with Crippen molar-refractivity contribution < 1.29 is 13.9 Å². The summed E-state index contributed by atoms with van der Waals surface area (Å²) >= 11 is 0. The monoisotopic (exact) mass is 425 g/mol. The number of fused-ring (bicyclic) bond motifs is 1. The van der Waals surface area contributed by atoms with Crippen LogP contribution in [0.3, 0.4) is 0 Å². The number of rotatable bonds is 7. The first-order valence-corrected chi connectivity index (χ1v) is 10.1. The average molecular weight is 425 g/mol. The number of benzene rings is 3. The zero-order valence-corrected chi connectivity index (χ0v) is 17.0. The van der Waals surface area contributed by atoms with E-state index in [0.717, 1.165) is 22.4 Å². The van der Waals surface area contributed by atoms with E-state index >= 15 is 0 Å². The number of hydrogen-bond acceptors (Lipinski definition) is 6. The lowest BCUT2D eigenvalue weighted by Gasteiger charge is -2.07. The highest BCUT2D eigenvalue weighted by Crippen LogP contribution is 2.24. The minimum absolute atomic E-state index is 0.172. The van der Waals surface area contributed by atoms with E-state index in [0.29, 0.717) is 23.6 Å². The van der Waals surface area contributed by atoms with E-state index < -0.39 is 5.63 Å². The van der Waals surface area contributed by atoms with Crippen molar-refractivity contribution in [2.24, 2.45) is 0 Å². The number of ether oxygens (including phenoxy) is 2. The highest BCUT2D eigenvalue weighted by Gasteiger charge is 2.09. The maximum absolute atomic E-state index is 11.8. The number of aromatic nitrogens is 3.